The third kappa shape index (κ3) is 3.74. The molecule has 0 radical (unpaired) electrons. The molecule has 0 spiro atoms. The summed E-state index contributed by atoms with van der Waals surface area (Å²) in [7, 11) is 0. The highest BCUT2D eigenvalue weighted by molar-refractivity contribution is 5.55. The molecule has 0 N–H and O–H groups in total. The molecule has 0 saturated heterocycles. The van der Waals surface area contributed by atoms with Crippen molar-refractivity contribution >= 4 is 0 Å². The fourth-order valence-electron chi connectivity index (χ4n) is 6.45. The molecule has 0 aliphatic heterocycles. The molecule has 35 heavy (non-hydrogen) atoms. The SMILES string of the molecule is c1ccc(COc2ccc([C@@]3(c4ccc(-c5nnc(C6CC6)o5)cc4)C[C@@H]4CC[C@H]3C4)cc2)nc1. The Morgan fingerprint density at radius 2 is 1.66 bits per heavy atom. The smallest absolute Gasteiger partial charge is 0.247 e. The standard InChI is InChI=1S/C30H29N3O2/c1-2-16-31-26(3-1)19-34-27-14-12-24(13-15-27)30(18-20-4-9-25(30)17-20)23-10-7-22(8-11-23)29-33-32-28(35-29)21-5-6-21/h1-3,7-8,10-16,20-21,25H,4-6,9,17-19H2/t20-,25+,30+/m1/s1. The summed E-state index contributed by atoms with van der Waals surface area (Å²) in [5.41, 5.74) is 4.81. The molecule has 3 fully saturated rings. The number of benzene rings is 2. The fourth-order valence-corrected chi connectivity index (χ4v) is 6.45. The Kier molecular flexibility index (Phi) is 4.97. The van der Waals surface area contributed by atoms with Crippen LogP contribution in [0.15, 0.2) is 77.3 Å². The van der Waals surface area contributed by atoms with Crippen LogP contribution >= 0.6 is 0 Å². The number of rotatable bonds is 7. The molecule has 176 valence electrons. The van der Waals surface area contributed by atoms with Gasteiger partial charge >= 0.3 is 0 Å². The Balaban J connectivity index is 1.16. The summed E-state index contributed by atoms with van der Waals surface area (Å²) >= 11 is 0. The molecule has 0 amide bonds. The Labute approximate surface area is 205 Å². The van der Waals surface area contributed by atoms with E-state index in [1.165, 1.54) is 49.7 Å². The normalized spacial score (nSPS) is 25.1. The van der Waals surface area contributed by atoms with Crippen LogP contribution in [0.5, 0.6) is 5.75 Å². The molecule has 3 atom stereocenters. The zero-order valence-electron chi connectivity index (χ0n) is 19.8. The minimum absolute atomic E-state index is 0.0645. The van der Waals surface area contributed by atoms with Crippen molar-refractivity contribution < 1.29 is 9.15 Å². The Morgan fingerprint density at radius 3 is 2.31 bits per heavy atom. The molecule has 5 nitrogen and oxygen atoms in total. The van der Waals surface area contributed by atoms with Gasteiger partial charge in [0.25, 0.3) is 0 Å². The summed E-state index contributed by atoms with van der Waals surface area (Å²) in [4.78, 5) is 4.35. The molecule has 5 heteroatoms. The summed E-state index contributed by atoms with van der Waals surface area (Å²) in [6.07, 6.45) is 9.35. The van der Waals surface area contributed by atoms with Gasteiger partial charge in [0.2, 0.25) is 11.8 Å². The third-order valence-electron chi connectivity index (χ3n) is 8.35. The number of aromatic nitrogens is 3. The minimum atomic E-state index is 0.0645. The Bertz CT molecular complexity index is 1310. The highest BCUT2D eigenvalue weighted by Crippen LogP contribution is 2.60. The van der Waals surface area contributed by atoms with Gasteiger partial charge in [0.05, 0.1) is 5.69 Å². The molecule has 2 heterocycles. The second kappa shape index (κ2) is 8.33. The monoisotopic (exact) mass is 463 g/mol. The summed E-state index contributed by atoms with van der Waals surface area (Å²) in [5.74, 6) is 4.29. The van der Waals surface area contributed by atoms with E-state index in [4.69, 9.17) is 9.15 Å². The number of hydrogen-bond donors (Lipinski definition) is 0. The van der Waals surface area contributed by atoms with E-state index in [1.54, 1.807) is 6.20 Å². The summed E-state index contributed by atoms with van der Waals surface area (Å²) < 4.78 is 12.0. The molecule has 2 aromatic heterocycles. The predicted molar refractivity (Wildman–Crippen MR) is 133 cm³/mol. The van der Waals surface area contributed by atoms with Crippen LogP contribution in [0, 0.1) is 11.8 Å². The highest BCUT2D eigenvalue weighted by atomic mass is 16.5. The molecule has 0 unspecified atom stereocenters. The first-order valence-corrected chi connectivity index (χ1v) is 12.9. The van der Waals surface area contributed by atoms with E-state index in [9.17, 15) is 0 Å². The molecular weight excluding hydrogens is 434 g/mol. The lowest BCUT2D eigenvalue weighted by atomic mass is 9.64. The number of nitrogens with zero attached hydrogens (tertiary/aromatic N) is 3. The lowest BCUT2D eigenvalue weighted by Gasteiger charge is -2.39. The Morgan fingerprint density at radius 1 is 0.857 bits per heavy atom. The maximum absolute atomic E-state index is 6.01. The maximum Gasteiger partial charge on any atom is 0.247 e. The van der Waals surface area contributed by atoms with Crippen molar-refractivity contribution in [2.24, 2.45) is 11.8 Å². The summed E-state index contributed by atoms with van der Waals surface area (Å²) in [5, 5.41) is 8.56. The molecule has 3 aliphatic carbocycles. The summed E-state index contributed by atoms with van der Waals surface area (Å²) in [6.45, 7) is 0.482. The van der Waals surface area contributed by atoms with Crippen molar-refractivity contribution in [2.45, 2.75) is 56.5 Å². The zero-order valence-corrected chi connectivity index (χ0v) is 19.8. The first kappa shape index (κ1) is 20.9. The molecule has 3 aliphatic rings. The lowest BCUT2D eigenvalue weighted by molar-refractivity contribution is 0.299. The predicted octanol–water partition coefficient (Wildman–Crippen LogP) is 6.69. The van der Waals surface area contributed by atoms with Crippen molar-refractivity contribution in [1.29, 1.82) is 0 Å². The van der Waals surface area contributed by atoms with Gasteiger partial charge in [0, 0.05) is 23.1 Å². The van der Waals surface area contributed by atoms with Gasteiger partial charge in [-0.25, -0.2) is 0 Å². The average Bonchev–Trinajstić information content (AvgIpc) is 3.31. The van der Waals surface area contributed by atoms with Gasteiger partial charge in [-0.1, -0.05) is 36.8 Å². The highest BCUT2D eigenvalue weighted by Gasteiger charge is 2.52. The first-order valence-electron chi connectivity index (χ1n) is 12.9. The van der Waals surface area contributed by atoms with Gasteiger partial charge in [-0.15, -0.1) is 10.2 Å². The average molecular weight is 464 g/mol. The number of hydrogen-bond acceptors (Lipinski definition) is 5. The Hall–Kier alpha value is -3.47. The molecule has 7 rings (SSSR count). The first-order chi connectivity index (χ1) is 17.3. The van der Waals surface area contributed by atoms with Crippen LogP contribution in [-0.4, -0.2) is 15.2 Å². The quantitative estimate of drug-likeness (QED) is 0.305. The second-order valence-electron chi connectivity index (χ2n) is 10.5. The van der Waals surface area contributed by atoms with Crippen LogP contribution in [0.2, 0.25) is 0 Å². The van der Waals surface area contributed by atoms with Crippen molar-refractivity contribution in [3.8, 4) is 17.2 Å². The molecule has 2 bridgehead atoms. The van der Waals surface area contributed by atoms with Crippen LogP contribution < -0.4 is 4.74 Å². The second-order valence-corrected chi connectivity index (χ2v) is 10.5. The number of fused-ring (bicyclic) bond motifs is 2. The van der Waals surface area contributed by atoms with Gasteiger partial charge in [-0.3, -0.25) is 4.98 Å². The maximum atomic E-state index is 6.01. The van der Waals surface area contributed by atoms with Crippen LogP contribution in [0.4, 0.5) is 0 Å². The van der Waals surface area contributed by atoms with Crippen LogP contribution in [0.25, 0.3) is 11.5 Å². The van der Waals surface area contributed by atoms with Crippen LogP contribution in [-0.2, 0) is 12.0 Å². The van der Waals surface area contributed by atoms with Crippen molar-refractivity contribution in [2.75, 3.05) is 0 Å². The van der Waals surface area contributed by atoms with E-state index < -0.39 is 0 Å². The van der Waals surface area contributed by atoms with E-state index in [-0.39, 0.29) is 5.41 Å². The molecule has 2 aromatic carbocycles. The fraction of sp³-hybridized carbons (Fsp3) is 0.367. The molecule has 3 saturated carbocycles. The van der Waals surface area contributed by atoms with E-state index in [2.05, 4.69) is 63.7 Å². The van der Waals surface area contributed by atoms with Crippen LogP contribution in [0.3, 0.4) is 0 Å². The topological polar surface area (TPSA) is 61.0 Å². The number of pyridine rings is 1. The van der Waals surface area contributed by atoms with Gasteiger partial charge in [-0.2, -0.15) is 0 Å². The minimum Gasteiger partial charge on any atom is -0.487 e. The van der Waals surface area contributed by atoms with E-state index in [0.29, 0.717) is 24.3 Å². The van der Waals surface area contributed by atoms with Gasteiger partial charge < -0.3 is 9.15 Å². The van der Waals surface area contributed by atoms with Gasteiger partial charge in [-0.05, 0) is 91.5 Å². The van der Waals surface area contributed by atoms with Crippen LogP contribution in [0.1, 0.15) is 67.2 Å². The van der Waals surface area contributed by atoms with E-state index in [0.717, 1.165) is 28.8 Å². The number of ether oxygens (including phenoxy) is 1. The largest absolute Gasteiger partial charge is 0.487 e. The van der Waals surface area contributed by atoms with E-state index in [1.807, 2.05) is 18.2 Å². The van der Waals surface area contributed by atoms with Crippen molar-refractivity contribution in [3.63, 3.8) is 0 Å². The van der Waals surface area contributed by atoms with Gasteiger partial charge in [0.15, 0.2) is 0 Å². The van der Waals surface area contributed by atoms with Crippen molar-refractivity contribution in [3.05, 3.63) is 95.6 Å². The molecule has 4 aromatic rings. The van der Waals surface area contributed by atoms with Gasteiger partial charge in [0.1, 0.15) is 12.4 Å². The van der Waals surface area contributed by atoms with Crippen molar-refractivity contribution in [1.82, 2.24) is 15.2 Å². The van der Waals surface area contributed by atoms with E-state index >= 15 is 0 Å². The molecular formula is C30H29N3O2. The third-order valence-corrected chi connectivity index (χ3v) is 8.35. The zero-order chi connectivity index (χ0) is 23.2. The lowest BCUT2D eigenvalue weighted by Crippen LogP contribution is -2.34. The summed E-state index contributed by atoms with van der Waals surface area (Å²) in [6, 6.07) is 23.6.